The molecule has 0 radical (unpaired) electrons. The Morgan fingerprint density at radius 3 is 2.79 bits per heavy atom. The van der Waals surface area contributed by atoms with Crippen LogP contribution in [0.15, 0.2) is 41.9 Å². The molecule has 3 aromatic heterocycles. The summed E-state index contributed by atoms with van der Waals surface area (Å²) in [7, 11) is 1.56. The van der Waals surface area contributed by atoms with Gasteiger partial charge in [-0.15, -0.1) is 11.3 Å². The van der Waals surface area contributed by atoms with Crippen LogP contribution in [0.25, 0.3) is 0 Å². The van der Waals surface area contributed by atoms with Gasteiger partial charge in [0.1, 0.15) is 0 Å². The van der Waals surface area contributed by atoms with Crippen molar-refractivity contribution in [3.05, 3.63) is 63.7 Å². The van der Waals surface area contributed by atoms with Crippen molar-refractivity contribution >= 4 is 22.9 Å². The number of pyridine rings is 1. The second-order valence-electron chi connectivity index (χ2n) is 5.49. The third-order valence-electron chi connectivity index (χ3n) is 3.92. The minimum Gasteiger partial charge on any atom is -0.481 e. The Morgan fingerprint density at radius 2 is 2.17 bits per heavy atom. The van der Waals surface area contributed by atoms with Crippen LogP contribution in [0.4, 0.5) is 5.69 Å². The molecular weight excluding hydrogens is 322 g/mol. The van der Waals surface area contributed by atoms with Gasteiger partial charge in [0.25, 0.3) is 5.91 Å². The van der Waals surface area contributed by atoms with Crippen molar-refractivity contribution in [2.75, 3.05) is 12.4 Å². The number of thiophene rings is 1. The van der Waals surface area contributed by atoms with Gasteiger partial charge in [-0.1, -0.05) is 6.07 Å². The van der Waals surface area contributed by atoms with E-state index in [1.54, 1.807) is 36.8 Å². The molecule has 5 nitrogen and oxygen atoms in total. The Hall–Kier alpha value is -2.60. The maximum atomic E-state index is 12.6. The van der Waals surface area contributed by atoms with Crippen LogP contribution in [0, 0.1) is 13.8 Å². The number of rotatable bonds is 5. The van der Waals surface area contributed by atoms with E-state index in [1.807, 2.05) is 26.0 Å². The van der Waals surface area contributed by atoms with Gasteiger partial charge in [0.2, 0.25) is 5.88 Å². The SMILES string of the molecule is COc1ccc(NC(=O)c2cc(C)n(Cc3cccs3)c2C)cn1. The van der Waals surface area contributed by atoms with E-state index >= 15 is 0 Å². The van der Waals surface area contributed by atoms with E-state index in [4.69, 9.17) is 4.74 Å². The molecule has 3 rings (SSSR count). The van der Waals surface area contributed by atoms with E-state index in [1.165, 1.54) is 4.88 Å². The number of nitrogens with zero attached hydrogens (tertiary/aromatic N) is 2. The molecule has 0 aliphatic carbocycles. The monoisotopic (exact) mass is 341 g/mol. The molecular formula is C18H19N3O2S. The zero-order valence-electron chi connectivity index (χ0n) is 13.9. The summed E-state index contributed by atoms with van der Waals surface area (Å²) in [5, 5.41) is 4.95. The molecule has 0 aromatic carbocycles. The number of hydrogen-bond acceptors (Lipinski definition) is 4. The molecule has 0 spiro atoms. The fraction of sp³-hybridized carbons (Fsp3) is 0.222. The third-order valence-corrected chi connectivity index (χ3v) is 4.78. The summed E-state index contributed by atoms with van der Waals surface area (Å²) in [6.45, 7) is 4.78. The zero-order chi connectivity index (χ0) is 17.1. The van der Waals surface area contributed by atoms with Crippen molar-refractivity contribution in [3.8, 4) is 5.88 Å². The topological polar surface area (TPSA) is 56.1 Å². The maximum absolute atomic E-state index is 12.6. The van der Waals surface area contributed by atoms with Crippen molar-refractivity contribution in [2.45, 2.75) is 20.4 Å². The van der Waals surface area contributed by atoms with Crippen LogP contribution in [0.5, 0.6) is 5.88 Å². The zero-order valence-corrected chi connectivity index (χ0v) is 14.7. The smallest absolute Gasteiger partial charge is 0.257 e. The van der Waals surface area contributed by atoms with Crippen LogP contribution in [-0.4, -0.2) is 22.6 Å². The molecule has 0 fully saturated rings. The summed E-state index contributed by atoms with van der Waals surface area (Å²) < 4.78 is 7.18. The second kappa shape index (κ2) is 6.88. The van der Waals surface area contributed by atoms with E-state index < -0.39 is 0 Å². The molecule has 0 aliphatic heterocycles. The molecule has 3 aromatic rings. The van der Waals surface area contributed by atoms with Crippen LogP contribution in [0.3, 0.4) is 0 Å². The highest BCUT2D eigenvalue weighted by Gasteiger charge is 2.16. The Balaban J connectivity index is 1.79. The van der Waals surface area contributed by atoms with Gasteiger partial charge in [0.15, 0.2) is 0 Å². The third kappa shape index (κ3) is 3.33. The van der Waals surface area contributed by atoms with Crippen molar-refractivity contribution in [3.63, 3.8) is 0 Å². The Morgan fingerprint density at radius 1 is 1.33 bits per heavy atom. The number of ether oxygens (including phenoxy) is 1. The lowest BCUT2D eigenvalue weighted by Crippen LogP contribution is -2.13. The van der Waals surface area contributed by atoms with E-state index in [-0.39, 0.29) is 5.91 Å². The molecule has 0 atom stereocenters. The van der Waals surface area contributed by atoms with Crippen LogP contribution < -0.4 is 10.1 Å². The van der Waals surface area contributed by atoms with E-state index in [0.29, 0.717) is 17.1 Å². The largest absolute Gasteiger partial charge is 0.481 e. The van der Waals surface area contributed by atoms with Crippen LogP contribution >= 0.6 is 11.3 Å². The van der Waals surface area contributed by atoms with Crippen LogP contribution in [0.2, 0.25) is 0 Å². The number of carbonyl (C=O) groups is 1. The lowest BCUT2D eigenvalue weighted by molar-refractivity contribution is 0.102. The van der Waals surface area contributed by atoms with Crippen molar-refractivity contribution in [2.24, 2.45) is 0 Å². The highest BCUT2D eigenvalue weighted by Crippen LogP contribution is 2.20. The number of anilines is 1. The first kappa shape index (κ1) is 16.3. The van der Waals surface area contributed by atoms with E-state index in [9.17, 15) is 4.79 Å². The fourth-order valence-corrected chi connectivity index (χ4v) is 3.30. The quantitative estimate of drug-likeness (QED) is 0.766. The molecule has 124 valence electrons. The minimum absolute atomic E-state index is 0.132. The predicted octanol–water partition coefficient (Wildman–Crippen LogP) is 3.87. The number of aromatic nitrogens is 2. The van der Waals surface area contributed by atoms with Crippen LogP contribution in [-0.2, 0) is 6.54 Å². The first-order valence-electron chi connectivity index (χ1n) is 7.59. The molecule has 0 aliphatic rings. The van der Waals surface area contributed by atoms with Gasteiger partial charge in [-0.05, 0) is 37.4 Å². The first-order chi connectivity index (χ1) is 11.6. The Labute approximate surface area is 144 Å². The number of aryl methyl sites for hydroxylation is 1. The summed E-state index contributed by atoms with van der Waals surface area (Å²) >= 11 is 1.72. The second-order valence-corrected chi connectivity index (χ2v) is 6.53. The lowest BCUT2D eigenvalue weighted by Gasteiger charge is -2.09. The highest BCUT2D eigenvalue weighted by atomic mass is 32.1. The summed E-state index contributed by atoms with van der Waals surface area (Å²) in [5.41, 5.74) is 3.35. The number of amides is 1. The standard InChI is InChI=1S/C18H19N3O2S/c1-12-9-16(13(2)21(12)11-15-5-4-8-24-15)18(22)20-14-6-7-17(23-3)19-10-14/h4-10H,11H2,1-3H3,(H,20,22). The van der Waals surface area contributed by atoms with Gasteiger partial charge >= 0.3 is 0 Å². The van der Waals surface area contributed by atoms with E-state index in [0.717, 1.165) is 17.9 Å². The van der Waals surface area contributed by atoms with Crippen molar-refractivity contribution < 1.29 is 9.53 Å². The van der Waals surface area contributed by atoms with Crippen molar-refractivity contribution in [1.82, 2.24) is 9.55 Å². The molecule has 0 bridgehead atoms. The average Bonchev–Trinajstić information content (AvgIpc) is 3.19. The Kier molecular flexibility index (Phi) is 4.66. The summed E-state index contributed by atoms with van der Waals surface area (Å²) in [6.07, 6.45) is 1.58. The molecule has 0 saturated carbocycles. The Bertz CT molecular complexity index is 836. The number of hydrogen-bond donors (Lipinski definition) is 1. The normalized spacial score (nSPS) is 10.6. The molecule has 1 amide bonds. The summed E-state index contributed by atoms with van der Waals surface area (Å²) in [6, 6.07) is 9.56. The molecule has 0 saturated heterocycles. The van der Waals surface area contributed by atoms with Gasteiger partial charge < -0.3 is 14.6 Å². The molecule has 3 heterocycles. The summed E-state index contributed by atoms with van der Waals surface area (Å²) in [5.74, 6) is 0.384. The average molecular weight is 341 g/mol. The number of nitrogens with one attached hydrogen (secondary N) is 1. The van der Waals surface area contributed by atoms with Gasteiger partial charge in [0.05, 0.1) is 31.1 Å². The highest BCUT2D eigenvalue weighted by molar-refractivity contribution is 7.09. The van der Waals surface area contributed by atoms with E-state index in [2.05, 4.69) is 26.3 Å². The summed E-state index contributed by atoms with van der Waals surface area (Å²) in [4.78, 5) is 17.9. The molecule has 0 unspecified atom stereocenters. The fourth-order valence-electron chi connectivity index (χ4n) is 2.61. The molecule has 6 heteroatoms. The number of methoxy groups -OCH3 is 1. The molecule has 24 heavy (non-hydrogen) atoms. The first-order valence-corrected chi connectivity index (χ1v) is 8.47. The molecule has 1 N–H and O–H groups in total. The van der Waals surface area contributed by atoms with Crippen molar-refractivity contribution in [1.29, 1.82) is 0 Å². The van der Waals surface area contributed by atoms with Gasteiger partial charge in [-0.2, -0.15) is 0 Å². The van der Waals surface area contributed by atoms with Gasteiger partial charge in [0, 0.05) is 22.3 Å². The lowest BCUT2D eigenvalue weighted by atomic mass is 10.2. The minimum atomic E-state index is -0.132. The van der Waals surface area contributed by atoms with Gasteiger partial charge in [-0.25, -0.2) is 4.98 Å². The number of carbonyl (C=O) groups excluding carboxylic acids is 1. The van der Waals surface area contributed by atoms with Gasteiger partial charge in [-0.3, -0.25) is 4.79 Å². The maximum Gasteiger partial charge on any atom is 0.257 e. The predicted molar refractivity (Wildman–Crippen MR) is 96.1 cm³/mol. The van der Waals surface area contributed by atoms with Crippen LogP contribution in [0.1, 0.15) is 26.6 Å².